The Balaban J connectivity index is 1.98. The van der Waals surface area contributed by atoms with E-state index in [1.165, 1.54) is 0 Å². The Morgan fingerprint density at radius 1 is 1.33 bits per heavy atom. The minimum absolute atomic E-state index is 0.138. The number of hydrogen-bond donors (Lipinski definition) is 2. The number of methoxy groups -OCH3 is 2. The van der Waals surface area contributed by atoms with E-state index >= 15 is 0 Å². The fourth-order valence-electron chi connectivity index (χ4n) is 2.86. The van der Waals surface area contributed by atoms with Gasteiger partial charge in [0.15, 0.2) is 0 Å². The zero-order valence-electron chi connectivity index (χ0n) is 14.0. The third kappa shape index (κ3) is 4.61. The molecule has 7 nitrogen and oxygen atoms in total. The van der Waals surface area contributed by atoms with Crippen molar-refractivity contribution in [3.05, 3.63) is 23.8 Å². The second-order valence-electron chi connectivity index (χ2n) is 5.88. The number of carboxylic acids is 1. The van der Waals surface area contributed by atoms with Gasteiger partial charge in [-0.25, -0.2) is 0 Å². The van der Waals surface area contributed by atoms with Crippen LogP contribution in [-0.4, -0.2) is 50.0 Å². The fraction of sp³-hybridized carbons (Fsp3) is 0.529. The van der Waals surface area contributed by atoms with Crippen molar-refractivity contribution < 1.29 is 28.9 Å². The van der Waals surface area contributed by atoms with Crippen LogP contribution in [0.4, 0.5) is 0 Å². The lowest BCUT2D eigenvalue weighted by molar-refractivity contribution is -0.139. The van der Waals surface area contributed by atoms with Gasteiger partial charge >= 0.3 is 5.97 Å². The standard InChI is InChI=1S/C17H23NO6/c1-22-13-4-5-14(23-2)12(9-13)3-6-15(19)18-17(10-16(20)21)7-8-24-11-17/h4-5,9H,3,6-8,10-11H2,1-2H3,(H,18,19)(H,20,21). The van der Waals surface area contributed by atoms with E-state index in [1.807, 2.05) is 6.07 Å². The van der Waals surface area contributed by atoms with Gasteiger partial charge in [-0.05, 0) is 36.6 Å². The molecule has 1 aliphatic rings. The lowest BCUT2D eigenvalue weighted by atomic mass is 9.94. The van der Waals surface area contributed by atoms with E-state index in [-0.39, 0.29) is 25.4 Å². The van der Waals surface area contributed by atoms with Crippen molar-refractivity contribution >= 4 is 11.9 Å². The quantitative estimate of drug-likeness (QED) is 0.744. The molecule has 0 bridgehead atoms. The molecule has 1 aromatic carbocycles. The van der Waals surface area contributed by atoms with Gasteiger partial charge in [-0.1, -0.05) is 0 Å². The largest absolute Gasteiger partial charge is 0.497 e. The molecule has 1 saturated heterocycles. The Morgan fingerprint density at radius 2 is 2.12 bits per heavy atom. The molecular formula is C17H23NO6. The van der Waals surface area contributed by atoms with Gasteiger partial charge in [0.05, 0.1) is 32.8 Å². The molecule has 0 saturated carbocycles. The summed E-state index contributed by atoms with van der Waals surface area (Å²) in [5, 5.41) is 11.9. The van der Waals surface area contributed by atoms with E-state index in [2.05, 4.69) is 5.32 Å². The van der Waals surface area contributed by atoms with Gasteiger partial charge in [0.1, 0.15) is 11.5 Å². The predicted molar refractivity (Wildman–Crippen MR) is 86.4 cm³/mol. The lowest BCUT2D eigenvalue weighted by Gasteiger charge is -2.27. The second-order valence-corrected chi connectivity index (χ2v) is 5.88. The van der Waals surface area contributed by atoms with Crippen molar-refractivity contribution in [3.8, 4) is 11.5 Å². The van der Waals surface area contributed by atoms with E-state index in [9.17, 15) is 9.59 Å². The van der Waals surface area contributed by atoms with Crippen molar-refractivity contribution in [2.24, 2.45) is 0 Å². The van der Waals surface area contributed by atoms with Crippen LogP contribution in [0.15, 0.2) is 18.2 Å². The monoisotopic (exact) mass is 337 g/mol. The van der Waals surface area contributed by atoms with E-state index in [0.29, 0.717) is 30.9 Å². The molecule has 2 N–H and O–H groups in total. The van der Waals surface area contributed by atoms with E-state index in [1.54, 1.807) is 26.4 Å². The van der Waals surface area contributed by atoms with Crippen molar-refractivity contribution in [1.82, 2.24) is 5.32 Å². The summed E-state index contributed by atoms with van der Waals surface area (Å²) in [6, 6.07) is 5.42. The van der Waals surface area contributed by atoms with Gasteiger partial charge in [0.2, 0.25) is 5.91 Å². The molecule has 0 spiro atoms. The smallest absolute Gasteiger partial charge is 0.305 e. The maximum Gasteiger partial charge on any atom is 0.305 e. The number of amides is 1. The van der Waals surface area contributed by atoms with Gasteiger partial charge in [0.25, 0.3) is 0 Å². The van der Waals surface area contributed by atoms with E-state index < -0.39 is 11.5 Å². The number of hydrogen-bond acceptors (Lipinski definition) is 5. The van der Waals surface area contributed by atoms with Crippen molar-refractivity contribution in [2.75, 3.05) is 27.4 Å². The Bertz CT molecular complexity index is 595. The number of carbonyl (C=O) groups is 2. The molecule has 1 amide bonds. The summed E-state index contributed by atoms with van der Waals surface area (Å²) in [6.45, 7) is 0.685. The Hall–Kier alpha value is -2.28. The summed E-state index contributed by atoms with van der Waals surface area (Å²) in [6.07, 6.45) is 1.07. The maximum absolute atomic E-state index is 12.3. The van der Waals surface area contributed by atoms with Crippen LogP contribution in [0.1, 0.15) is 24.8 Å². The normalized spacial score (nSPS) is 19.8. The molecule has 1 atom stereocenters. The molecule has 24 heavy (non-hydrogen) atoms. The molecule has 1 aromatic rings. The third-order valence-electron chi connectivity index (χ3n) is 4.11. The van der Waals surface area contributed by atoms with Crippen LogP contribution in [0.3, 0.4) is 0 Å². The number of ether oxygens (including phenoxy) is 3. The van der Waals surface area contributed by atoms with Crippen LogP contribution in [0.25, 0.3) is 0 Å². The topological polar surface area (TPSA) is 94.1 Å². The molecule has 0 radical (unpaired) electrons. The number of aliphatic carboxylic acids is 1. The minimum Gasteiger partial charge on any atom is -0.497 e. The summed E-state index contributed by atoms with van der Waals surface area (Å²) in [5.74, 6) is 0.229. The Labute approximate surface area is 140 Å². The van der Waals surface area contributed by atoms with Crippen LogP contribution in [0.2, 0.25) is 0 Å². The van der Waals surface area contributed by atoms with Crippen molar-refractivity contribution in [2.45, 2.75) is 31.2 Å². The zero-order valence-corrected chi connectivity index (χ0v) is 14.0. The van der Waals surface area contributed by atoms with Crippen LogP contribution in [0, 0.1) is 0 Å². The first-order valence-electron chi connectivity index (χ1n) is 7.79. The summed E-state index contributed by atoms with van der Waals surface area (Å²) in [7, 11) is 3.15. The zero-order chi connectivity index (χ0) is 17.6. The van der Waals surface area contributed by atoms with Gasteiger partial charge < -0.3 is 24.6 Å². The number of carbonyl (C=O) groups excluding carboxylic acids is 1. The minimum atomic E-state index is -0.949. The molecule has 0 aromatic heterocycles. The van der Waals surface area contributed by atoms with Crippen LogP contribution >= 0.6 is 0 Å². The first-order chi connectivity index (χ1) is 11.5. The van der Waals surface area contributed by atoms with Crippen LogP contribution in [0.5, 0.6) is 11.5 Å². The van der Waals surface area contributed by atoms with E-state index in [0.717, 1.165) is 5.56 Å². The molecule has 1 aliphatic heterocycles. The van der Waals surface area contributed by atoms with Gasteiger partial charge in [-0.3, -0.25) is 9.59 Å². The second kappa shape index (κ2) is 8.01. The van der Waals surface area contributed by atoms with Crippen molar-refractivity contribution in [1.29, 1.82) is 0 Å². The van der Waals surface area contributed by atoms with Crippen LogP contribution < -0.4 is 14.8 Å². The van der Waals surface area contributed by atoms with Crippen LogP contribution in [-0.2, 0) is 20.7 Å². The number of aryl methyl sites for hydroxylation is 1. The highest BCUT2D eigenvalue weighted by molar-refractivity contribution is 5.78. The summed E-state index contributed by atoms with van der Waals surface area (Å²) >= 11 is 0. The maximum atomic E-state index is 12.3. The molecule has 1 heterocycles. The van der Waals surface area contributed by atoms with Gasteiger partial charge in [-0.15, -0.1) is 0 Å². The Kier molecular flexibility index (Phi) is 6.03. The number of rotatable bonds is 8. The fourth-order valence-corrected chi connectivity index (χ4v) is 2.86. The molecule has 0 aliphatic carbocycles. The van der Waals surface area contributed by atoms with Gasteiger partial charge in [-0.2, -0.15) is 0 Å². The third-order valence-corrected chi connectivity index (χ3v) is 4.11. The lowest BCUT2D eigenvalue weighted by Crippen LogP contribution is -2.50. The SMILES string of the molecule is COc1ccc(OC)c(CCC(=O)NC2(CC(=O)O)CCOC2)c1. The first-order valence-corrected chi connectivity index (χ1v) is 7.79. The summed E-state index contributed by atoms with van der Waals surface area (Å²) in [4.78, 5) is 23.3. The predicted octanol–water partition coefficient (Wildman–Crippen LogP) is 1.39. The molecule has 2 rings (SSSR count). The molecule has 1 unspecified atom stereocenters. The molecular weight excluding hydrogens is 314 g/mol. The van der Waals surface area contributed by atoms with Crippen molar-refractivity contribution in [3.63, 3.8) is 0 Å². The molecule has 132 valence electrons. The highest BCUT2D eigenvalue weighted by Crippen LogP contribution is 2.26. The summed E-state index contributed by atoms with van der Waals surface area (Å²) < 4.78 is 15.8. The molecule has 7 heteroatoms. The number of nitrogens with one attached hydrogen (secondary N) is 1. The highest BCUT2D eigenvalue weighted by atomic mass is 16.5. The average molecular weight is 337 g/mol. The number of benzene rings is 1. The number of carboxylic acid groups (broad SMARTS) is 1. The molecule has 1 fully saturated rings. The average Bonchev–Trinajstić information content (AvgIpc) is 2.99. The Morgan fingerprint density at radius 3 is 2.71 bits per heavy atom. The van der Waals surface area contributed by atoms with E-state index in [4.69, 9.17) is 19.3 Å². The van der Waals surface area contributed by atoms with Gasteiger partial charge in [0, 0.05) is 13.0 Å². The summed E-state index contributed by atoms with van der Waals surface area (Å²) in [5.41, 5.74) is 0.0587. The first kappa shape index (κ1) is 18.1. The highest BCUT2D eigenvalue weighted by Gasteiger charge is 2.38.